The molecule has 0 saturated carbocycles. The summed E-state index contributed by atoms with van der Waals surface area (Å²) in [5, 5.41) is 2.87. The molecule has 0 saturated heterocycles. The number of likely N-dealkylation sites (N-methyl/N-ethyl adjacent to an activating group) is 1. The topological polar surface area (TPSA) is 83.4 Å². The van der Waals surface area contributed by atoms with E-state index in [9.17, 15) is 9.18 Å². The van der Waals surface area contributed by atoms with Gasteiger partial charge in [-0.1, -0.05) is 33.4 Å². The van der Waals surface area contributed by atoms with Gasteiger partial charge in [-0.05, 0) is 62.0 Å². The van der Waals surface area contributed by atoms with E-state index in [1.807, 2.05) is 38.1 Å². The van der Waals surface area contributed by atoms with Gasteiger partial charge in [0, 0.05) is 32.0 Å². The number of rotatable bonds is 9. The summed E-state index contributed by atoms with van der Waals surface area (Å²) < 4.78 is 13.2. The van der Waals surface area contributed by atoms with Crippen molar-refractivity contribution in [3.63, 3.8) is 0 Å². The highest BCUT2D eigenvalue weighted by molar-refractivity contribution is 5.93. The lowest BCUT2D eigenvalue weighted by Crippen LogP contribution is -2.35. The van der Waals surface area contributed by atoms with Crippen molar-refractivity contribution >= 4 is 23.7 Å². The number of amides is 1. The van der Waals surface area contributed by atoms with Crippen LogP contribution in [-0.4, -0.2) is 52.1 Å². The standard InChI is InChI=1S/C20H22FN5O.C5H9N.CH4/c1-3-26(13-15-6-7-22-19(21)11-15)9-8-23-20(27)18-12-24-17-10-14(2)4-5-16(17)25-18;1-3-4-5-6-2;/h4-7,10-12H,3,8-9,13H2,1-2H3,(H,23,27);4-5H,2-3H2,1H3;1H4/b;5-4+;. The fraction of sp³-hybridized carbons (Fsp3) is 0.346. The molecule has 0 unspecified atom stereocenters. The van der Waals surface area contributed by atoms with Crippen LogP contribution >= 0.6 is 0 Å². The number of hydrogen-bond acceptors (Lipinski definition) is 6. The Kier molecular flexibility index (Phi) is 12.9. The molecular formula is C26H35FN6O. The highest BCUT2D eigenvalue weighted by atomic mass is 19.1. The maximum atomic E-state index is 13.2. The number of hydrogen-bond donors (Lipinski definition) is 1. The summed E-state index contributed by atoms with van der Waals surface area (Å²) in [7, 11) is 0. The zero-order chi connectivity index (χ0) is 24.1. The first-order chi connectivity index (χ1) is 16.0. The van der Waals surface area contributed by atoms with Gasteiger partial charge in [-0.2, -0.15) is 4.39 Å². The zero-order valence-electron chi connectivity index (χ0n) is 19.5. The molecule has 3 aromatic rings. The number of pyridine rings is 1. The maximum absolute atomic E-state index is 13.2. The Balaban J connectivity index is 0.000000735. The average molecular weight is 467 g/mol. The molecule has 1 amide bonds. The third-order valence-corrected chi connectivity index (χ3v) is 4.73. The molecular weight excluding hydrogens is 431 g/mol. The van der Waals surface area contributed by atoms with Crippen molar-refractivity contribution in [3.8, 4) is 0 Å². The molecule has 0 radical (unpaired) electrons. The molecule has 0 aliphatic heterocycles. The SMILES string of the molecule is C.C=N/C=C/CC.CCN(CCNC(=O)c1cnc2cc(C)ccc2n1)Cc1ccnc(F)c1. The van der Waals surface area contributed by atoms with Crippen LogP contribution in [-0.2, 0) is 6.54 Å². The van der Waals surface area contributed by atoms with Crippen LogP contribution in [0.4, 0.5) is 4.39 Å². The smallest absolute Gasteiger partial charge is 0.271 e. The van der Waals surface area contributed by atoms with Crippen molar-refractivity contribution in [3.05, 3.63) is 77.8 Å². The van der Waals surface area contributed by atoms with Crippen LogP contribution < -0.4 is 5.32 Å². The van der Waals surface area contributed by atoms with Gasteiger partial charge in [0.05, 0.1) is 17.2 Å². The van der Waals surface area contributed by atoms with E-state index in [-0.39, 0.29) is 13.3 Å². The van der Waals surface area contributed by atoms with Crippen LogP contribution in [0.2, 0.25) is 0 Å². The molecule has 0 bridgehead atoms. The van der Waals surface area contributed by atoms with Crippen LogP contribution in [0, 0.1) is 12.9 Å². The Labute approximate surface area is 201 Å². The number of halogens is 1. The first-order valence-corrected chi connectivity index (χ1v) is 10.9. The molecule has 0 aliphatic rings. The molecule has 8 heteroatoms. The van der Waals surface area contributed by atoms with Crippen molar-refractivity contribution in [1.29, 1.82) is 0 Å². The lowest BCUT2D eigenvalue weighted by molar-refractivity contribution is 0.0943. The van der Waals surface area contributed by atoms with Gasteiger partial charge in [-0.15, -0.1) is 0 Å². The summed E-state index contributed by atoms with van der Waals surface area (Å²) in [5.74, 6) is -0.738. The number of carbonyl (C=O) groups is 1. The third kappa shape index (κ3) is 9.54. The number of nitrogens with zero attached hydrogens (tertiary/aromatic N) is 5. The molecule has 0 spiro atoms. The lowest BCUT2D eigenvalue weighted by Gasteiger charge is -2.20. The first kappa shape index (κ1) is 28.5. The van der Waals surface area contributed by atoms with E-state index < -0.39 is 5.95 Å². The summed E-state index contributed by atoms with van der Waals surface area (Å²) in [4.78, 5) is 30.2. The molecule has 2 heterocycles. The second kappa shape index (κ2) is 15.3. The quantitative estimate of drug-likeness (QED) is 0.356. The average Bonchev–Trinajstić information content (AvgIpc) is 2.82. The molecule has 2 aromatic heterocycles. The number of aromatic nitrogens is 3. The molecule has 34 heavy (non-hydrogen) atoms. The molecule has 1 N–H and O–H groups in total. The van der Waals surface area contributed by atoms with E-state index in [4.69, 9.17) is 0 Å². The number of benzene rings is 1. The number of allylic oxidation sites excluding steroid dienone is 1. The Bertz CT molecular complexity index is 1090. The first-order valence-electron chi connectivity index (χ1n) is 10.9. The largest absolute Gasteiger partial charge is 0.349 e. The predicted octanol–water partition coefficient (Wildman–Crippen LogP) is 4.97. The van der Waals surface area contributed by atoms with Gasteiger partial charge >= 0.3 is 0 Å². The molecule has 0 fully saturated rings. The highest BCUT2D eigenvalue weighted by Crippen LogP contribution is 2.11. The van der Waals surface area contributed by atoms with E-state index in [1.54, 1.807) is 12.3 Å². The maximum Gasteiger partial charge on any atom is 0.271 e. The van der Waals surface area contributed by atoms with Crippen LogP contribution in [0.3, 0.4) is 0 Å². The molecule has 3 rings (SSSR count). The van der Waals surface area contributed by atoms with Crippen molar-refractivity contribution in [2.75, 3.05) is 19.6 Å². The Morgan fingerprint density at radius 1 is 1.21 bits per heavy atom. The summed E-state index contributed by atoms with van der Waals surface area (Å²) >= 11 is 0. The third-order valence-electron chi connectivity index (χ3n) is 4.73. The van der Waals surface area contributed by atoms with Crippen LogP contribution in [0.1, 0.15) is 49.3 Å². The van der Waals surface area contributed by atoms with Gasteiger partial charge in [0.1, 0.15) is 5.69 Å². The minimum atomic E-state index is -0.484. The number of aryl methyl sites for hydroxylation is 1. The molecule has 0 aliphatic carbocycles. The van der Waals surface area contributed by atoms with Gasteiger partial charge in [-0.3, -0.25) is 19.7 Å². The number of nitrogens with one attached hydrogen (secondary N) is 1. The van der Waals surface area contributed by atoms with Crippen LogP contribution in [0.5, 0.6) is 0 Å². The van der Waals surface area contributed by atoms with Gasteiger partial charge in [0.25, 0.3) is 5.91 Å². The molecule has 7 nitrogen and oxygen atoms in total. The van der Waals surface area contributed by atoms with Gasteiger partial charge in [0.2, 0.25) is 5.95 Å². The fourth-order valence-electron chi connectivity index (χ4n) is 2.98. The van der Waals surface area contributed by atoms with Crippen LogP contribution in [0.15, 0.2) is 60.0 Å². The highest BCUT2D eigenvalue weighted by Gasteiger charge is 2.10. The zero-order valence-corrected chi connectivity index (χ0v) is 19.5. The minimum absolute atomic E-state index is 0. The minimum Gasteiger partial charge on any atom is -0.349 e. The Hall–Kier alpha value is -3.52. The monoisotopic (exact) mass is 466 g/mol. The second-order valence-corrected chi connectivity index (χ2v) is 7.33. The molecule has 1 aromatic carbocycles. The van der Waals surface area contributed by atoms with Gasteiger partial charge in [0.15, 0.2) is 0 Å². The van der Waals surface area contributed by atoms with Gasteiger partial charge in [-0.25, -0.2) is 9.97 Å². The van der Waals surface area contributed by atoms with E-state index >= 15 is 0 Å². The van der Waals surface area contributed by atoms with Crippen molar-refractivity contribution in [2.45, 2.75) is 41.2 Å². The summed E-state index contributed by atoms with van der Waals surface area (Å²) in [6.07, 6.45) is 7.64. The van der Waals surface area contributed by atoms with Gasteiger partial charge < -0.3 is 5.32 Å². The summed E-state index contributed by atoms with van der Waals surface area (Å²) in [6.45, 7) is 11.8. The summed E-state index contributed by atoms with van der Waals surface area (Å²) in [6, 6.07) is 8.95. The number of fused-ring (bicyclic) bond motifs is 1. The molecule has 182 valence electrons. The number of aliphatic imine (C=N–C) groups is 1. The van der Waals surface area contributed by atoms with Crippen molar-refractivity contribution < 1.29 is 9.18 Å². The van der Waals surface area contributed by atoms with Crippen LogP contribution in [0.25, 0.3) is 11.0 Å². The lowest BCUT2D eigenvalue weighted by atomic mass is 10.2. The fourth-order valence-corrected chi connectivity index (χ4v) is 2.98. The second-order valence-electron chi connectivity index (χ2n) is 7.33. The van der Waals surface area contributed by atoms with E-state index in [2.05, 4.69) is 43.8 Å². The van der Waals surface area contributed by atoms with E-state index in [1.165, 1.54) is 18.5 Å². The molecule has 0 atom stereocenters. The number of carbonyl (C=O) groups excluding carboxylic acids is 1. The van der Waals surface area contributed by atoms with Crippen molar-refractivity contribution in [2.24, 2.45) is 4.99 Å². The predicted molar refractivity (Wildman–Crippen MR) is 137 cm³/mol. The van der Waals surface area contributed by atoms with E-state index in [0.29, 0.717) is 30.8 Å². The normalized spacial score (nSPS) is 10.5. The Morgan fingerprint density at radius 2 is 2.00 bits per heavy atom. The summed E-state index contributed by atoms with van der Waals surface area (Å²) in [5.41, 5.74) is 3.72. The Morgan fingerprint density at radius 3 is 2.65 bits per heavy atom. The van der Waals surface area contributed by atoms with E-state index in [0.717, 1.165) is 29.6 Å². The van der Waals surface area contributed by atoms with Crippen molar-refractivity contribution in [1.82, 2.24) is 25.2 Å².